The molecular formula is C13H15F3N2O. The van der Waals surface area contributed by atoms with E-state index in [4.69, 9.17) is 0 Å². The van der Waals surface area contributed by atoms with Gasteiger partial charge in [-0.3, -0.25) is 4.79 Å². The molecule has 6 heteroatoms. The number of aromatic nitrogens is 1. The lowest BCUT2D eigenvalue weighted by molar-refractivity contribution is -0.137. The van der Waals surface area contributed by atoms with Crippen LogP contribution in [0.25, 0.3) is 0 Å². The fraction of sp³-hybridized carbons (Fsp3) is 0.538. The highest BCUT2D eigenvalue weighted by Crippen LogP contribution is 2.31. The number of hydrogen-bond acceptors (Lipinski definition) is 3. The molecule has 0 atom stereocenters. The van der Waals surface area contributed by atoms with Gasteiger partial charge in [-0.25, -0.2) is 4.98 Å². The summed E-state index contributed by atoms with van der Waals surface area (Å²) in [5.41, 5.74) is -0.689. The molecule has 0 N–H and O–H groups in total. The van der Waals surface area contributed by atoms with Crippen molar-refractivity contribution in [3.8, 4) is 0 Å². The summed E-state index contributed by atoms with van der Waals surface area (Å²) in [7, 11) is 0. The van der Waals surface area contributed by atoms with Crippen molar-refractivity contribution in [3.63, 3.8) is 0 Å². The number of nitrogens with zero attached hydrogens (tertiary/aromatic N) is 2. The molecule has 1 fully saturated rings. The van der Waals surface area contributed by atoms with Crippen LogP contribution in [0.3, 0.4) is 0 Å². The minimum absolute atomic E-state index is 0.0297. The third kappa shape index (κ3) is 3.24. The van der Waals surface area contributed by atoms with Crippen LogP contribution >= 0.6 is 0 Å². The number of halogens is 3. The summed E-state index contributed by atoms with van der Waals surface area (Å²) in [6, 6.07) is 2.03. The number of carbonyl (C=O) groups is 1. The lowest BCUT2D eigenvalue weighted by Gasteiger charge is -2.31. The summed E-state index contributed by atoms with van der Waals surface area (Å²) >= 11 is 0. The van der Waals surface area contributed by atoms with E-state index in [1.54, 1.807) is 11.8 Å². The lowest BCUT2D eigenvalue weighted by atomic mass is 9.93. The number of ketones is 1. The van der Waals surface area contributed by atoms with E-state index < -0.39 is 11.7 Å². The molecule has 3 nitrogen and oxygen atoms in total. The summed E-state index contributed by atoms with van der Waals surface area (Å²) in [4.78, 5) is 17.0. The molecule has 0 radical (unpaired) electrons. The first-order valence-corrected chi connectivity index (χ1v) is 6.16. The largest absolute Gasteiger partial charge is 0.416 e. The van der Waals surface area contributed by atoms with Crippen molar-refractivity contribution in [1.82, 2.24) is 4.98 Å². The fourth-order valence-corrected chi connectivity index (χ4v) is 2.28. The molecule has 2 rings (SSSR count). The molecule has 0 saturated carbocycles. The van der Waals surface area contributed by atoms with Gasteiger partial charge < -0.3 is 4.90 Å². The first-order valence-electron chi connectivity index (χ1n) is 6.16. The summed E-state index contributed by atoms with van der Waals surface area (Å²) in [5.74, 6) is 0.510. The summed E-state index contributed by atoms with van der Waals surface area (Å²) < 4.78 is 37.8. The Hall–Kier alpha value is -1.59. The number of hydrogen-bond donors (Lipinski definition) is 0. The van der Waals surface area contributed by atoms with Crippen molar-refractivity contribution in [3.05, 3.63) is 23.9 Å². The van der Waals surface area contributed by atoms with Gasteiger partial charge in [-0.2, -0.15) is 13.2 Å². The van der Waals surface area contributed by atoms with Crippen molar-refractivity contribution in [1.29, 1.82) is 0 Å². The average Bonchev–Trinajstić information content (AvgIpc) is 2.38. The molecule has 0 amide bonds. The van der Waals surface area contributed by atoms with Crippen molar-refractivity contribution in [2.75, 3.05) is 18.0 Å². The third-order valence-corrected chi connectivity index (χ3v) is 3.47. The lowest BCUT2D eigenvalue weighted by Crippen LogP contribution is -2.36. The van der Waals surface area contributed by atoms with Gasteiger partial charge in [-0.15, -0.1) is 0 Å². The van der Waals surface area contributed by atoms with E-state index in [1.807, 2.05) is 0 Å². The van der Waals surface area contributed by atoms with Crippen molar-refractivity contribution in [2.45, 2.75) is 25.9 Å². The number of carbonyl (C=O) groups excluding carboxylic acids is 1. The van der Waals surface area contributed by atoms with Crippen LogP contribution in [0.1, 0.15) is 25.3 Å². The van der Waals surface area contributed by atoms with Crippen LogP contribution in [0.4, 0.5) is 19.0 Å². The van der Waals surface area contributed by atoms with Crippen molar-refractivity contribution >= 4 is 11.6 Å². The molecule has 104 valence electrons. The minimum atomic E-state index is -4.35. The fourth-order valence-electron chi connectivity index (χ4n) is 2.28. The molecule has 1 aliphatic heterocycles. The second kappa shape index (κ2) is 5.19. The van der Waals surface area contributed by atoms with E-state index in [1.165, 1.54) is 6.20 Å². The number of pyridine rings is 1. The van der Waals surface area contributed by atoms with Gasteiger partial charge in [0.25, 0.3) is 0 Å². The monoisotopic (exact) mass is 272 g/mol. The van der Waals surface area contributed by atoms with Gasteiger partial charge in [0.15, 0.2) is 0 Å². The Morgan fingerprint density at radius 3 is 2.53 bits per heavy atom. The maximum atomic E-state index is 12.6. The smallest absolute Gasteiger partial charge is 0.357 e. The van der Waals surface area contributed by atoms with E-state index in [9.17, 15) is 18.0 Å². The van der Waals surface area contributed by atoms with Gasteiger partial charge in [0.2, 0.25) is 0 Å². The van der Waals surface area contributed by atoms with Gasteiger partial charge in [-0.1, -0.05) is 0 Å². The predicted molar refractivity (Wildman–Crippen MR) is 64.9 cm³/mol. The Morgan fingerprint density at radius 1 is 1.37 bits per heavy atom. The molecule has 0 bridgehead atoms. The normalized spacial score (nSPS) is 17.6. The van der Waals surface area contributed by atoms with Crippen LogP contribution in [0.2, 0.25) is 0 Å². The maximum absolute atomic E-state index is 12.6. The highest BCUT2D eigenvalue weighted by Gasteiger charge is 2.31. The Kier molecular flexibility index (Phi) is 3.78. The molecule has 0 aromatic carbocycles. The Bertz CT molecular complexity index is 465. The predicted octanol–water partition coefficient (Wildman–Crippen LogP) is 2.91. The van der Waals surface area contributed by atoms with Crippen molar-refractivity contribution < 1.29 is 18.0 Å². The molecule has 1 saturated heterocycles. The Balaban J connectivity index is 2.10. The number of anilines is 1. The minimum Gasteiger partial charge on any atom is -0.357 e. The number of Topliss-reactive ketones (excluding diaryl/α,β-unsaturated/α-hetero) is 1. The van der Waals surface area contributed by atoms with Crippen LogP contribution in [0.15, 0.2) is 18.3 Å². The second-order valence-electron chi connectivity index (χ2n) is 4.77. The number of alkyl halides is 3. The molecule has 2 heterocycles. The van der Waals surface area contributed by atoms with Crippen LogP contribution in [-0.2, 0) is 11.0 Å². The van der Waals surface area contributed by atoms with Crippen LogP contribution in [0.5, 0.6) is 0 Å². The molecule has 0 aliphatic carbocycles. The summed E-state index contributed by atoms with van der Waals surface area (Å²) in [5, 5.41) is 0. The van der Waals surface area contributed by atoms with Gasteiger partial charge in [-0.05, 0) is 31.9 Å². The first kappa shape index (κ1) is 13.8. The SMILES string of the molecule is CC(=O)C1CCN(c2cc(C(F)(F)F)ccn2)CC1. The third-order valence-electron chi connectivity index (χ3n) is 3.47. The zero-order chi connectivity index (χ0) is 14.0. The van der Waals surface area contributed by atoms with Gasteiger partial charge in [0, 0.05) is 25.2 Å². The van der Waals surface area contributed by atoms with Crippen molar-refractivity contribution in [2.24, 2.45) is 5.92 Å². The molecule has 0 spiro atoms. The number of piperidine rings is 1. The van der Waals surface area contributed by atoms with Gasteiger partial charge >= 0.3 is 6.18 Å². The van der Waals surface area contributed by atoms with E-state index in [0.29, 0.717) is 31.7 Å². The van der Waals surface area contributed by atoms with E-state index >= 15 is 0 Å². The highest BCUT2D eigenvalue weighted by molar-refractivity contribution is 5.78. The Labute approximate surface area is 109 Å². The zero-order valence-electron chi connectivity index (χ0n) is 10.6. The number of rotatable bonds is 2. The van der Waals surface area contributed by atoms with E-state index in [-0.39, 0.29) is 11.7 Å². The maximum Gasteiger partial charge on any atom is 0.416 e. The molecule has 1 aromatic rings. The van der Waals surface area contributed by atoms with E-state index in [2.05, 4.69) is 4.98 Å². The quantitative estimate of drug-likeness (QED) is 0.830. The summed E-state index contributed by atoms with van der Waals surface area (Å²) in [6.07, 6.45) is -1.83. The zero-order valence-corrected chi connectivity index (χ0v) is 10.6. The Morgan fingerprint density at radius 2 is 2.00 bits per heavy atom. The second-order valence-corrected chi connectivity index (χ2v) is 4.77. The molecule has 1 aliphatic rings. The standard InChI is InChI=1S/C13H15F3N2O/c1-9(19)10-3-6-18(7-4-10)12-8-11(2-5-17-12)13(14,15)16/h2,5,8,10H,3-4,6-7H2,1H3. The average molecular weight is 272 g/mol. The van der Waals surface area contributed by atoms with Crippen LogP contribution in [0, 0.1) is 5.92 Å². The van der Waals surface area contributed by atoms with Gasteiger partial charge in [0.1, 0.15) is 11.6 Å². The topological polar surface area (TPSA) is 33.2 Å². The summed E-state index contributed by atoms with van der Waals surface area (Å²) in [6.45, 7) is 2.69. The molecule has 0 unspecified atom stereocenters. The van der Waals surface area contributed by atoms with Crippen LogP contribution in [-0.4, -0.2) is 23.9 Å². The molecule has 1 aromatic heterocycles. The van der Waals surface area contributed by atoms with E-state index in [0.717, 1.165) is 12.1 Å². The van der Waals surface area contributed by atoms with Gasteiger partial charge in [0.05, 0.1) is 5.56 Å². The highest BCUT2D eigenvalue weighted by atomic mass is 19.4. The molecule has 19 heavy (non-hydrogen) atoms. The van der Waals surface area contributed by atoms with Crippen LogP contribution < -0.4 is 4.90 Å². The molecular weight excluding hydrogens is 257 g/mol. The first-order chi connectivity index (χ1) is 8.88.